The van der Waals surface area contributed by atoms with Crippen LogP contribution in [0.4, 0.5) is 0 Å². The highest BCUT2D eigenvalue weighted by atomic mass is 32.2. The van der Waals surface area contributed by atoms with Gasteiger partial charge in [0.1, 0.15) is 6.10 Å². The molecule has 0 saturated heterocycles. The Bertz CT molecular complexity index is 1160. The zero-order valence-electron chi connectivity index (χ0n) is 18.2. The molecule has 2 fully saturated rings. The zero-order valence-corrected chi connectivity index (χ0v) is 19.1. The Balaban J connectivity index is 1.36. The number of aromatic nitrogens is 3. The van der Waals surface area contributed by atoms with Crippen molar-refractivity contribution in [3.8, 4) is 17.1 Å². The van der Waals surface area contributed by atoms with Gasteiger partial charge >= 0.3 is 0 Å². The van der Waals surface area contributed by atoms with E-state index in [4.69, 9.17) is 4.74 Å². The number of fused-ring (bicyclic) bond motifs is 1. The van der Waals surface area contributed by atoms with Crippen LogP contribution in [0.25, 0.3) is 16.9 Å². The third-order valence-electron chi connectivity index (χ3n) is 6.56. The molecular formula is C24H30N4O3S. The molecule has 32 heavy (non-hydrogen) atoms. The molecule has 3 aromatic rings. The van der Waals surface area contributed by atoms with Crippen molar-refractivity contribution in [2.75, 3.05) is 0 Å². The molecule has 2 aliphatic carbocycles. The van der Waals surface area contributed by atoms with Gasteiger partial charge in [-0.15, -0.1) is 5.10 Å². The average molecular weight is 455 g/mol. The maximum Gasteiger partial charge on any atom is 0.240 e. The van der Waals surface area contributed by atoms with E-state index in [1.807, 2.05) is 24.3 Å². The van der Waals surface area contributed by atoms with Crippen LogP contribution in [0.15, 0.2) is 47.5 Å². The lowest BCUT2D eigenvalue weighted by molar-refractivity contribution is 0.147. The molecule has 0 bridgehead atoms. The van der Waals surface area contributed by atoms with Gasteiger partial charge in [-0.25, -0.2) is 22.6 Å². The number of ether oxygens (including phenoxy) is 1. The summed E-state index contributed by atoms with van der Waals surface area (Å²) >= 11 is 0. The molecule has 2 saturated carbocycles. The zero-order chi connectivity index (χ0) is 22.0. The van der Waals surface area contributed by atoms with Crippen LogP contribution >= 0.6 is 0 Å². The molecule has 1 aromatic carbocycles. The molecular weight excluding hydrogens is 424 g/mol. The predicted octanol–water partition coefficient (Wildman–Crippen LogP) is 4.72. The number of imidazole rings is 1. The van der Waals surface area contributed by atoms with Crippen LogP contribution in [0.2, 0.25) is 0 Å². The number of sulfonamides is 1. The highest BCUT2D eigenvalue weighted by Gasteiger charge is 2.22. The Morgan fingerprint density at radius 1 is 0.875 bits per heavy atom. The Hall–Kier alpha value is -2.45. The number of hydrogen-bond acceptors (Lipinski definition) is 5. The van der Waals surface area contributed by atoms with Gasteiger partial charge < -0.3 is 4.74 Å². The maximum absolute atomic E-state index is 12.8. The molecule has 170 valence electrons. The van der Waals surface area contributed by atoms with Crippen LogP contribution in [0.1, 0.15) is 64.2 Å². The molecule has 0 unspecified atom stereocenters. The molecule has 0 spiro atoms. The minimum atomic E-state index is -3.52. The molecule has 1 N–H and O–H groups in total. The Labute approximate surface area is 189 Å². The van der Waals surface area contributed by atoms with Crippen LogP contribution < -0.4 is 9.46 Å². The number of benzene rings is 1. The molecule has 0 radical (unpaired) electrons. The second-order valence-electron chi connectivity index (χ2n) is 8.94. The van der Waals surface area contributed by atoms with E-state index in [1.54, 1.807) is 22.8 Å². The van der Waals surface area contributed by atoms with Crippen LogP contribution in [0.3, 0.4) is 0 Å². The van der Waals surface area contributed by atoms with Crippen molar-refractivity contribution in [2.24, 2.45) is 0 Å². The van der Waals surface area contributed by atoms with Crippen molar-refractivity contribution in [3.63, 3.8) is 0 Å². The van der Waals surface area contributed by atoms with E-state index in [0.29, 0.717) is 5.88 Å². The second kappa shape index (κ2) is 9.19. The molecule has 0 aliphatic heterocycles. The van der Waals surface area contributed by atoms with Gasteiger partial charge in [0.25, 0.3) is 0 Å². The largest absolute Gasteiger partial charge is 0.473 e. The average Bonchev–Trinajstić information content (AvgIpc) is 3.23. The van der Waals surface area contributed by atoms with E-state index < -0.39 is 10.0 Å². The summed E-state index contributed by atoms with van der Waals surface area (Å²) in [6, 6.07) is 10.8. The second-order valence-corrected chi connectivity index (χ2v) is 10.7. The molecule has 8 heteroatoms. The minimum Gasteiger partial charge on any atom is -0.473 e. The summed E-state index contributed by atoms with van der Waals surface area (Å²) in [5.74, 6) is 0.597. The number of nitrogens with one attached hydrogen (secondary N) is 1. The summed E-state index contributed by atoms with van der Waals surface area (Å²) in [4.78, 5) is 4.73. The molecule has 2 heterocycles. The number of nitrogens with zero attached hydrogens (tertiary/aromatic N) is 3. The predicted molar refractivity (Wildman–Crippen MR) is 123 cm³/mol. The van der Waals surface area contributed by atoms with E-state index >= 15 is 0 Å². The SMILES string of the molecule is O=S(=O)(NC1CCCCC1)c1ccc(-c2cnc3ccc(OC4CCCCC4)nn23)cc1. The van der Waals surface area contributed by atoms with Crippen molar-refractivity contribution in [2.45, 2.75) is 81.2 Å². The fourth-order valence-electron chi connectivity index (χ4n) is 4.78. The quantitative estimate of drug-likeness (QED) is 0.583. The van der Waals surface area contributed by atoms with E-state index in [1.165, 1.54) is 25.7 Å². The Kier molecular flexibility index (Phi) is 6.15. The standard InChI is InChI=1S/C24H30N4O3S/c29-32(30,27-19-7-3-1-4-8-19)21-13-11-18(12-14-21)22-17-25-23-15-16-24(26-28(22)23)31-20-9-5-2-6-10-20/h11-17,19-20,27H,1-10H2. The van der Waals surface area contributed by atoms with Crippen LogP contribution in [-0.2, 0) is 10.0 Å². The minimum absolute atomic E-state index is 0.0407. The summed E-state index contributed by atoms with van der Waals surface area (Å²) in [6.07, 6.45) is 13.0. The Morgan fingerprint density at radius 3 is 2.28 bits per heavy atom. The summed E-state index contributed by atoms with van der Waals surface area (Å²) in [7, 11) is -3.52. The monoisotopic (exact) mass is 454 g/mol. The lowest BCUT2D eigenvalue weighted by Crippen LogP contribution is -2.36. The van der Waals surface area contributed by atoms with Gasteiger partial charge in [0.05, 0.1) is 16.8 Å². The smallest absolute Gasteiger partial charge is 0.240 e. The van der Waals surface area contributed by atoms with Gasteiger partial charge in [-0.3, -0.25) is 0 Å². The first-order chi connectivity index (χ1) is 15.6. The van der Waals surface area contributed by atoms with Crippen LogP contribution in [-0.4, -0.2) is 35.2 Å². The highest BCUT2D eigenvalue weighted by molar-refractivity contribution is 7.89. The molecule has 2 aromatic heterocycles. The summed E-state index contributed by atoms with van der Waals surface area (Å²) in [6.45, 7) is 0. The van der Waals surface area contributed by atoms with Crippen molar-refractivity contribution < 1.29 is 13.2 Å². The first-order valence-electron chi connectivity index (χ1n) is 11.7. The molecule has 0 amide bonds. The van der Waals surface area contributed by atoms with Crippen molar-refractivity contribution in [1.82, 2.24) is 19.3 Å². The third-order valence-corrected chi connectivity index (χ3v) is 8.10. The molecule has 0 atom stereocenters. The first kappa shape index (κ1) is 21.4. The topological polar surface area (TPSA) is 85.6 Å². The maximum atomic E-state index is 12.8. The van der Waals surface area contributed by atoms with Gasteiger partial charge in [0.15, 0.2) is 5.65 Å². The summed E-state index contributed by atoms with van der Waals surface area (Å²) < 4.78 is 36.3. The highest BCUT2D eigenvalue weighted by Crippen LogP contribution is 2.26. The van der Waals surface area contributed by atoms with Gasteiger partial charge in [0.2, 0.25) is 15.9 Å². The van der Waals surface area contributed by atoms with E-state index in [-0.39, 0.29) is 17.0 Å². The summed E-state index contributed by atoms with van der Waals surface area (Å²) in [5.41, 5.74) is 2.39. The van der Waals surface area contributed by atoms with Crippen molar-refractivity contribution in [3.05, 3.63) is 42.6 Å². The Morgan fingerprint density at radius 2 is 1.56 bits per heavy atom. The van der Waals surface area contributed by atoms with Crippen molar-refractivity contribution >= 4 is 15.7 Å². The van der Waals surface area contributed by atoms with Crippen LogP contribution in [0.5, 0.6) is 5.88 Å². The normalized spacial score (nSPS) is 18.8. The van der Waals surface area contributed by atoms with E-state index in [0.717, 1.165) is 55.4 Å². The third kappa shape index (κ3) is 4.66. The number of rotatable bonds is 6. The molecule has 5 rings (SSSR count). The summed E-state index contributed by atoms with van der Waals surface area (Å²) in [5, 5.41) is 4.66. The lowest BCUT2D eigenvalue weighted by Gasteiger charge is -2.22. The van der Waals surface area contributed by atoms with Gasteiger partial charge in [-0.1, -0.05) is 37.8 Å². The van der Waals surface area contributed by atoms with E-state index in [9.17, 15) is 8.42 Å². The van der Waals surface area contributed by atoms with Gasteiger partial charge in [-0.05, 0) is 56.7 Å². The molecule has 7 nitrogen and oxygen atoms in total. The fraction of sp³-hybridized carbons (Fsp3) is 0.500. The number of hydrogen-bond donors (Lipinski definition) is 1. The first-order valence-corrected chi connectivity index (χ1v) is 13.2. The van der Waals surface area contributed by atoms with Gasteiger partial charge in [0, 0.05) is 17.7 Å². The molecule has 2 aliphatic rings. The van der Waals surface area contributed by atoms with E-state index in [2.05, 4.69) is 14.8 Å². The lowest BCUT2D eigenvalue weighted by atomic mass is 9.96. The van der Waals surface area contributed by atoms with Gasteiger partial charge in [-0.2, -0.15) is 0 Å². The fourth-order valence-corrected chi connectivity index (χ4v) is 6.09. The van der Waals surface area contributed by atoms with Crippen LogP contribution in [0, 0.1) is 0 Å². The van der Waals surface area contributed by atoms with Crippen molar-refractivity contribution in [1.29, 1.82) is 0 Å².